The Morgan fingerprint density at radius 2 is 1.92 bits per heavy atom. The molecule has 0 bridgehead atoms. The number of methoxy groups -OCH3 is 1. The van der Waals surface area contributed by atoms with Gasteiger partial charge >= 0.3 is 6.18 Å². The second-order valence-electron chi connectivity index (χ2n) is 7.52. The number of halogens is 4. The predicted molar refractivity (Wildman–Crippen MR) is 136 cm³/mol. The summed E-state index contributed by atoms with van der Waals surface area (Å²) in [5.41, 5.74) is -0.534. The molecule has 0 amide bonds. The number of benzene rings is 3. The highest BCUT2D eigenvalue weighted by Crippen LogP contribution is 2.35. The number of alkyl halides is 3. The molecule has 0 aliphatic carbocycles. The molecule has 6 nitrogen and oxygen atoms in total. The summed E-state index contributed by atoms with van der Waals surface area (Å²) in [5.74, 6) is 0.720. The van der Waals surface area contributed by atoms with Crippen LogP contribution in [-0.4, -0.2) is 29.6 Å². The predicted octanol–water partition coefficient (Wildman–Crippen LogP) is 6.30. The SMILES string of the molecule is C=CCOc1c(C=Nn2c(-c3cccc(C(F)(F)F)c3)nc3ccccc3c2=O)cc(Br)cc1OC. The molecule has 4 rings (SSSR count). The maximum atomic E-state index is 13.4. The molecule has 0 unspecified atom stereocenters. The van der Waals surface area contributed by atoms with E-state index in [1.165, 1.54) is 25.5 Å². The van der Waals surface area contributed by atoms with Gasteiger partial charge in [0.1, 0.15) is 6.61 Å². The lowest BCUT2D eigenvalue weighted by Gasteiger charge is -2.14. The van der Waals surface area contributed by atoms with Gasteiger partial charge in [-0.2, -0.15) is 22.9 Å². The molecule has 0 saturated heterocycles. The van der Waals surface area contributed by atoms with Gasteiger partial charge in [-0.05, 0) is 36.4 Å². The first-order valence-corrected chi connectivity index (χ1v) is 11.4. The third-order valence-electron chi connectivity index (χ3n) is 5.13. The van der Waals surface area contributed by atoms with Crippen LogP contribution in [0.3, 0.4) is 0 Å². The van der Waals surface area contributed by atoms with E-state index in [0.29, 0.717) is 27.1 Å². The van der Waals surface area contributed by atoms with Crippen LogP contribution in [-0.2, 0) is 6.18 Å². The standard InChI is InChI=1S/C26H19BrF3N3O3/c1-3-11-36-23-17(13-19(27)14-22(23)35-2)15-31-33-24(16-7-6-8-18(12-16)26(28,29)30)32-21-10-5-4-9-20(21)25(33)34/h3-10,12-15H,1,11H2,2H3. The van der Waals surface area contributed by atoms with Crippen LogP contribution in [0.2, 0.25) is 0 Å². The van der Waals surface area contributed by atoms with Gasteiger partial charge in [0.05, 0.1) is 29.8 Å². The monoisotopic (exact) mass is 557 g/mol. The van der Waals surface area contributed by atoms with Crippen LogP contribution in [0.1, 0.15) is 11.1 Å². The van der Waals surface area contributed by atoms with E-state index in [1.54, 1.807) is 42.5 Å². The van der Waals surface area contributed by atoms with E-state index < -0.39 is 17.3 Å². The Morgan fingerprint density at radius 3 is 2.64 bits per heavy atom. The average Bonchev–Trinajstić information content (AvgIpc) is 2.86. The van der Waals surface area contributed by atoms with Crippen LogP contribution in [0.5, 0.6) is 11.5 Å². The fourth-order valence-corrected chi connectivity index (χ4v) is 3.96. The van der Waals surface area contributed by atoms with E-state index in [2.05, 4.69) is 32.6 Å². The summed E-state index contributed by atoms with van der Waals surface area (Å²) in [4.78, 5) is 17.8. The minimum absolute atomic E-state index is 0.0448. The highest BCUT2D eigenvalue weighted by Gasteiger charge is 2.31. The number of rotatable bonds is 7. The van der Waals surface area contributed by atoms with Crippen molar-refractivity contribution in [3.63, 3.8) is 0 Å². The van der Waals surface area contributed by atoms with Crippen LogP contribution in [0.25, 0.3) is 22.3 Å². The fraction of sp³-hybridized carbons (Fsp3) is 0.115. The van der Waals surface area contributed by atoms with Crippen LogP contribution >= 0.6 is 15.9 Å². The average molecular weight is 558 g/mol. The van der Waals surface area contributed by atoms with E-state index in [4.69, 9.17) is 9.47 Å². The summed E-state index contributed by atoms with van der Waals surface area (Å²) in [6, 6.07) is 14.5. The van der Waals surface area contributed by atoms with Crippen LogP contribution < -0.4 is 15.0 Å². The number of para-hydroxylation sites is 1. The maximum absolute atomic E-state index is 13.4. The van der Waals surface area contributed by atoms with E-state index in [0.717, 1.165) is 16.8 Å². The number of nitrogens with zero attached hydrogens (tertiary/aromatic N) is 3. The zero-order valence-corrected chi connectivity index (χ0v) is 20.5. The van der Waals surface area contributed by atoms with Crippen LogP contribution in [0.4, 0.5) is 13.2 Å². The second kappa shape index (κ2) is 10.4. The van der Waals surface area contributed by atoms with Crippen molar-refractivity contribution in [1.29, 1.82) is 0 Å². The summed E-state index contributed by atoms with van der Waals surface area (Å²) < 4.78 is 52.9. The second-order valence-corrected chi connectivity index (χ2v) is 8.43. The van der Waals surface area contributed by atoms with Crippen molar-refractivity contribution in [2.45, 2.75) is 6.18 Å². The summed E-state index contributed by atoms with van der Waals surface area (Å²) in [5, 5.41) is 4.60. The number of aromatic nitrogens is 2. The number of hydrogen-bond acceptors (Lipinski definition) is 5. The molecule has 0 fully saturated rings. The lowest BCUT2D eigenvalue weighted by atomic mass is 10.1. The van der Waals surface area contributed by atoms with Gasteiger partial charge in [0.15, 0.2) is 17.3 Å². The van der Waals surface area contributed by atoms with E-state index in [-0.39, 0.29) is 23.4 Å². The molecule has 36 heavy (non-hydrogen) atoms. The fourth-order valence-electron chi connectivity index (χ4n) is 3.51. The smallest absolute Gasteiger partial charge is 0.416 e. The van der Waals surface area contributed by atoms with Crippen molar-refractivity contribution in [2.75, 3.05) is 13.7 Å². The molecule has 0 spiro atoms. The summed E-state index contributed by atoms with van der Waals surface area (Å²) in [7, 11) is 1.48. The summed E-state index contributed by atoms with van der Waals surface area (Å²) in [6.45, 7) is 3.83. The molecule has 10 heteroatoms. The van der Waals surface area contributed by atoms with E-state index in [1.807, 2.05) is 0 Å². The van der Waals surface area contributed by atoms with Crippen molar-refractivity contribution >= 4 is 33.0 Å². The molecule has 3 aromatic carbocycles. The molecule has 0 aliphatic rings. The third kappa shape index (κ3) is 5.18. The van der Waals surface area contributed by atoms with Crippen molar-refractivity contribution in [2.24, 2.45) is 5.10 Å². The molecule has 0 radical (unpaired) electrons. The molecule has 4 aromatic rings. The van der Waals surface area contributed by atoms with Gasteiger partial charge in [-0.3, -0.25) is 4.79 Å². The molecule has 0 saturated carbocycles. The van der Waals surface area contributed by atoms with Crippen LogP contribution in [0.15, 0.2) is 87.7 Å². The van der Waals surface area contributed by atoms with Crippen molar-refractivity contribution in [3.8, 4) is 22.9 Å². The molecule has 184 valence electrons. The van der Waals surface area contributed by atoms with E-state index >= 15 is 0 Å². The van der Waals surface area contributed by atoms with Gasteiger partial charge in [0.25, 0.3) is 5.56 Å². The van der Waals surface area contributed by atoms with Gasteiger partial charge in [-0.1, -0.05) is 52.9 Å². The normalized spacial score (nSPS) is 11.7. The van der Waals surface area contributed by atoms with Gasteiger partial charge in [0.2, 0.25) is 0 Å². The lowest BCUT2D eigenvalue weighted by molar-refractivity contribution is -0.137. The molecular weight excluding hydrogens is 539 g/mol. The quantitative estimate of drug-likeness (QED) is 0.197. The molecular formula is C26H19BrF3N3O3. The van der Waals surface area contributed by atoms with Crippen molar-refractivity contribution < 1.29 is 22.6 Å². The number of hydrogen-bond donors (Lipinski definition) is 0. The third-order valence-corrected chi connectivity index (χ3v) is 5.59. The zero-order valence-electron chi connectivity index (χ0n) is 18.9. The topological polar surface area (TPSA) is 65.7 Å². The van der Waals surface area contributed by atoms with Crippen molar-refractivity contribution in [3.05, 3.63) is 99.3 Å². The van der Waals surface area contributed by atoms with Gasteiger partial charge < -0.3 is 9.47 Å². The zero-order chi connectivity index (χ0) is 25.9. The summed E-state index contributed by atoms with van der Waals surface area (Å²) in [6.07, 6.45) is -1.64. The van der Waals surface area contributed by atoms with Gasteiger partial charge in [-0.15, -0.1) is 0 Å². The molecule has 1 aromatic heterocycles. The highest BCUT2D eigenvalue weighted by atomic mass is 79.9. The van der Waals surface area contributed by atoms with Crippen LogP contribution in [0, 0.1) is 0 Å². The molecule has 0 aliphatic heterocycles. The Bertz CT molecular complexity index is 1530. The summed E-state index contributed by atoms with van der Waals surface area (Å²) >= 11 is 3.40. The van der Waals surface area contributed by atoms with Crippen molar-refractivity contribution in [1.82, 2.24) is 9.66 Å². The first kappa shape index (κ1) is 25.2. The molecule has 0 N–H and O–H groups in total. The van der Waals surface area contributed by atoms with E-state index in [9.17, 15) is 18.0 Å². The Morgan fingerprint density at radius 1 is 1.14 bits per heavy atom. The maximum Gasteiger partial charge on any atom is 0.416 e. The Labute approximate surface area is 212 Å². The molecule has 0 atom stereocenters. The minimum Gasteiger partial charge on any atom is -0.493 e. The molecule has 1 heterocycles. The minimum atomic E-state index is -4.56. The van der Waals surface area contributed by atoms with Gasteiger partial charge in [0, 0.05) is 15.6 Å². The Kier molecular flexibility index (Phi) is 7.25. The Hall–Kier alpha value is -3.92. The first-order valence-electron chi connectivity index (χ1n) is 10.6. The largest absolute Gasteiger partial charge is 0.493 e. The number of ether oxygens (including phenoxy) is 2. The number of fused-ring (bicyclic) bond motifs is 1. The Balaban J connectivity index is 1.94. The van der Waals surface area contributed by atoms with Gasteiger partial charge in [-0.25, -0.2) is 4.98 Å². The first-order chi connectivity index (χ1) is 17.2. The highest BCUT2D eigenvalue weighted by molar-refractivity contribution is 9.10. The lowest BCUT2D eigenvalue weighted by Crippen LogP contribution is -2.20.